The van der Waals surface area contributed by atoms with Crippen LogP contribution in [0, 0.1) is 5.92 Å². The summed E-state index contributed by atoms with van der Waals surface area (Å²) in [6.45, 7) is 9.79. The van der Waals surface area contributed by atoms with Crippen molar-refractivity contribution in [3.8, 4) is 0 Å². The van der Waals surface area contributed by atoms with Crippen LogP contribution in [0.25, 0.3) is 0 Å². The Hall–Kier alpha value is -0.940. The molecular weight excluding hydrogens is 256 g/mol. The van der Waals surface area contributed by atoms with Gasteiger partial charge in [-0.1, -0.05) is 0 Å². The molecule has 1 atom stereocenters. The number of ether oxygens (including phenoxy) is 1. The first-order chi connectivity index (χ1) is 9.41. The first-order valence-electron chi connectivity index (χ1n) is 7.48. The van der Waals surface area contributed by atoms with Crippen LogP contribution < -0.4 is 0 Å². The SMILES string of the molecule is CC(=O)[C@H](CCN1CCOCC1)CC(=O)N(C)C(C)C. The van der Waals surface area contributed by atoms with Gasteiger partial charge in [-0.05, 0) is 33.7 Å². The second-order valence-corrected chi connectivity index (χ2v) is 5.85. The number of nitrogens with zero attached hydrogens (tertiary/aromatic N) is 2. The lowest BCUT2D eigenvalue weighted by Crippen LogP contribution is -2.39. The molecule has 0 aromatic carbocycles. The van der Waals surface area contributed by atoms with E-state index in [4.69, 9.17) is 4.74 Å². The molecule has 1 amide bonds. The lowest BCUT2D eigenvalue weighted by atomic mass is 9.96. The van der Waals surface area contributed by atoms with Crippen LogP contribution in [-0.4, -0.2) is 67.4 Å². The first kappa shape index (κ1) is 17.1. The molecule has 0 N–H and O–H groups in total. The number of carbonyl (C=O) groups is 2. The van der Waals surface area contributed by atoms with E-state index in [1.807, 2.05) is 13.8 Å². The van der Waals surface area contributed by atoms with E-state index in [0.717, 1.165) is 39.3 Å². The molecular formula is C15H28N2O3. The molecule has 1 rings (SSSR count). The Morgan fingerprint density at radius 2 is 1.85 bits per heavy atom. The number of amides is 1. The summed E-state index contributed by atoms with van der Waals surface area (Å²) in [6.07, 6.45) is 1.08. The van der Waals surface area contributed by atoms with E-state index >= 15 is 0 Å². The van der Waals surface area contributed by atoms with E-state index in [0.29, 0.717) is 6.42 Å². The topological polar surface area (TPSA) is 49.9 Å². The van der Waals surface area contributed by atoms with E-state index in [1.165, 1.54) is 0 Å². The largest absolute Gasteiger partial charge is 0.379 e. The molecule has 1 aliphatic heterocycles. The Morgan fingerprint density at radius 3 is 2.35 bits per heavy atom. The zero-order valence-electron chi connectivity index (χ0n) is 13.2. The van der Waals surface area contributed by atoms with Crippen LogP contribution >= 0.6 is 0 Å². The lowest BCUT2D eigenvalue weighted by molar-refractivity contribution is -0.135. The van der Waals surface area contributed by atoms with E-state index in [2.05, 4.69) is 4.90 Å². The molecule has 1 saturated heterocycles. The number of carbonyl (C=O) groups excluding carboxylic acids is 2. The maximum atomic E-state index is 12.1. The van der Waals surface area contributed by atoms with Crippen molar-refractivity contribution >= 4 is 11.7 Å². The van der Waals surface area contributed by atoms with Crippen LogP contribution in [0.1, 0.15) is 33.6 Å². The summed E-state index contributed by atoms with van der Waals surface area (Å²) in [7, 11) is 1.80. The van der Waals surface area contributed by atoms with Gasteiger partial charge in [0.05, 0.1) is 13.2 Å². The average molecular weight is 284 g/mol. The number of morpholine rings is 1. The first-order valence-corrected chi connectivity index (χ1v) is 7.48. The fourth-order valence-corrected chi connectivity index (χ4v) is 2.25. The number of hydrogen-bond donors (Lipinski definition) is 0. The van der Waals surface area contributed by atoms with Gasteiger partial charge in [-0.15, -0.1) is 0 Å². The van der Waals surface area contributed by atoms with Crippen LogP contribution in [0.3, 0.4) is 0 Å². The highest BCUT2D eigenvalue weighted by Crippen LogP contribution is 2.14. The summed E-state index contributed by atoms with van der Waals surface area (Å²) >= 11 is 0. The summed E-state index contributed by atoms with van der Waals surface area (Å²) in [4.78, 5) is 27.8. The average Bonchev–Trinajstić information content (AvgIpc) is 2.42. The van der Waals surface area contributed by atoms with Crippen LogP contribution in [0.15, 0.2) is 0 Å². The smallest absolute Gasteiger partial charge is 0.223 e. The summed E-state index contributed by atoms with van der Waals surface area (Å²) in [5.41, 5.74) is 0. The second-order valence-electron chi connectivity index (χ2n) is 5.85. The monoisotopic (exact) mass is 284 g/mol. The zero-order valence-corrected chi connectivity index (χ0v) is 13.2. The molecule has 1 aliphatic rings. The summed E-state index contributed by atoms with van der Waals surface area (Å²) in [6, 6.07) is 0.175. The second kappa shape index (κ2) is 8.37. The van der Waals surface area contributed by atoms with Gasteiger partial charge in [0.25, 0.3) is 0 Å². The molecule has 0 aromatic rings. The van der Waals surface area contributed by atoms with Gasteiger partial charge in [0.1, 0.15) is 5.78 Å². The van der Waals surface area contributed by atoms with Crippen LogP contribution in [0.2, 0.25) is 0 Å². The van der Waals surface area contributed by atoms with Gasteiger partial charge in [0.15, 0.2) is 0 Å². The predicted octanol–water partition coefficient (Wildman–Crippen LogP) is 1.17. The number of ketones is 1. The van der Waals surface area contributed by atoms with Crippen molar-refractivity contribution in [2.45, 2.75) is 39.7 Å². The minimum atomic E-state index is -0.161. The molecule has 5 nitrogen and oxygen atoms in total. The van der Waals surface area contributed by atoms with Crippen molar-refractivity contribution in [2.75, 3.05) is 39.9 Å². The molecule has 0 spiro atoms. The third kappa shape index (κ3) is 5.59. The van der Waals surface area contributed by atoms with Gasteiger partial charge in [-0.2, -0.15) is 0 Å². The van der Waals surface area contributed by atoms with Crippen molar-refractivity contribution < 1.29 is 14.3 Å². The Labute approximate surface area is 122 Å². The number of Topliss-reactive ketones (excluding diaryl/α,β-unsaturated/α-hetero) is 1. The molecule has 5 heteroatoms. The van der Waals surface area contributed by atoms with Gasteiger partial charge in [-0.3, -0.25) is 14.5 Å². The molecule has 0 unspecified atom stereocenters. The molecule has 0 aromatic heterocycles. The number of rotatable bonds is 7. The molecule has 116 valence electrons. The van der Waals surface area contributed by atoms with Crippen molar-refractivity contribution in [3.63, 3.8) is 0 Å². The van der Waals surface area contributed by atoms with Gasteiger partial charge < -0.3 is 9.64 Å². The predicted molar refractivity (Wildman–Crippen MR) is 78.6 cm³/mol. The van der Waals surface area contributed by atoms with Gasteiger partial charge in [0, 0.05) is 38.5 Å². The maximum Gasteiger partial charge on any atom is 0.223 e. The Bertz CT molecular complexity index is 325. The Morgan fingerprint density at radius 1 is 1.25 bits per heavy atom. The van der Waals surface area contributed by atoms with Gasteiger partial charge in [0.2, 0.25) is 5.91 Å². The Kier molecular flexibility index (Phi) is 7.16. The standard InChI is InChI=1S/C15H28N2O3/c1-12(2)16(4)15(19)11-14(13(3)18)5-6-17-7-9-20-10-8-17/h12,14H,5-11H2,1-4H3/t14-/m1/s1. The zero-order chi connectivity index (χ0) is 15.1. The highest BCUT2D eigenvalue weighted by atomic mass is 16.5. The minimum absolute atomic E-state index is 0.0576. The van der Waals surface area contributed by atoms with Crippen LogP contribution in [-0.2, 0) is 14.3 Å². The van der Waals surface area contributed by atoms with Crippen molar-refractivity contribution in [1.29, 1.82) is 0 Å². The lowest BCUT2D eigenvalue weighted by Gasteiger charge is -2.28. The third-order valence-corrected chi connectivity index (χ3v) is 4.06. The van der Waals surface area contributed by atoms with Crippen molar-refractivity contribution in [1.82, 2.24) is 9.80 Å². The quantitative estimate of drug-likeness (QED) is 0.704. The van der Waals surface area contributed by atoms with Gasteiger partial charge >= 0.3 is 0 Å². The van der Waals surface area contributed by atoms with Crippen molar-refractivity contribution in [3.05, 3.63) is 0 Å². The van der Waals surface area contributed by atoms with E-state index in [-0.39, 0.29) is 23.7 Å². The Balaban J connectivity index is 2.43. The van der Waals surface area contributed by atoms with Crippen molar-refractivity contribution in [2.24, 2.45) is 5.92 Å². The van der Waals surface area contributed by atoms with E-state index in [9.17, 15) is 9.59 Å². The summed E-state index contributed by atoms with van der Waals surface area (Å²) in [5.74, 6) is 0.0116. The molecule has 1 heterocycles. The molecule has 0 radical (unpaired) electrons. The van der Waals surface area contributed by atoms with E-state index < -0.39 is 0 Å². The molecule has 0 bridgehead atoms. The third-order valence-electron chi connectivity index (χ3n) is 4.06. The van der Waals surface area contributed by atoms with E-state index in [1.54, 1.807) is 18.9 Å². The normalized spacial score (nSPS) is 18.1. The molecule has 1 fully saturated rings. The summed E-state index contributed by atoms with van der Waals surface area (Å²) in [5, 5.41) is 0. The maximum absolute atomic E-state index is 12.1. The summed E-state index contributed by atoms with van der Waals surface area (Å²) < 4.78 is 5.31. The van der Waals surface area contributed by atoms with Crippen LogP contribution in [0.5, 0.6) is 0 Å². The fourth-order valence-electron chi connectivity index (χ4n) is 2.25. The highest BCUT2D eigenvalue weighted by Gasteiger charge is 2.23. The molecule has 0 saturated carbocycles. The number of hydrogen-bond acceptors (Lipinski definition) is 4. The van der Waals surface area contributed by atoms with Crippen LogP contribution in [0.4, 0.5) is 0 Å². The molecule has 20 heavy (non-hydrogen) atoms. The minimum Gasteiger partial charge on any atom is -0.379 e. The fraction of sp³-hybridized carbons (Fsp3) is 0.867. The highest BCUT2D eigenvalue weighted by molar-refractivity contribution is 5.85. The van der Waals surface area contributed by atoms with Gasteiger partial charge in [-0.25, -0.2) is 0 Å². The molecule has 0 aliphatic carbocycles.